The second-order valence-corrected chi connectivity index (χ2v) is 15.2. The molecule has 4 N–H and O–H groups in total. The van der Waals surface area contributed by atoms with Crippen LogP contribution < -0.4 is 10.6 Å². The summed E-state index contributed by atoms with van der Waals surface area (Å²) in [6, 6.07) is 0.858. The molecule has 1 aliphatic rings. The number of carbonyl (C=O) groups excluding carboxylic acids is 2. The number of nitrogens with one attached hydrogen (secondary N) is 2. The molecule has 4 atom stereocenters. The highest BCUT2D eigenvalue weighted by molar-refractivity contribution is 6.60. The van der Waals surface area contributed by atoms with E-state index in [9.17, 15) is 29.4 Å². The summed E-state index contributed by atoms with van der Waals surface area (Å²) in [6.45, 7) is 2.62. The molecule has 0 aromatic carbocycles. The fraction of sp³-hybridized carbons (Fsp3) is 0.826. The fourth-order valence-corrected chi connectivity index (χ4v) is 8.61. The van der Waals surface area contributed by atoms with Gasteiger partial charge in [0.1, 0.15) is 0 Å². The third-order valence-corrected chi connectivity index (χ3v) is 12.9. The first-order valence-electron chi connectivity index (χ1n) is 12.9. The van der Waals surface area contributed by atoms with Crippen molar-refractivity contribution in [3.8, 4) is 0 Å². The second-order valence-electron chi connectivity index (χ2n) is 9.18. The Morgan fingerprint density at radius 1 is 0.667 bits per heavy atom. The number of carboxylic acid groups (broad SMARTS) is 2. The minimum Gasteiger partial charge on any atom is -0.481 e. The highest BCUT2D eigenvalue weighted by Gasteiger charge is 2.49. The molecule has 0 aromatic rings. The third-order valence-electron chi connectivity index (χ3n) is 7.13. The first-order chi connectivity index (χ1) is 18.5. The van der Waals surface area contributed by atoms with Crippen molar-refractivity contribution in [3.63, 3.8) is 0 Å². The predicted octanol–water partition coefficient (Wildman–Crippen LogP) is 0.573. The summed E-state index contributed by atoms with van der Waals surface area (Å²) >= 11 is 0. The van der Waals surface area contributed by atoms with Gasteiger partial charge in [-0.15, -0.1) is 0 Å². The molecule has 4 unspecified atom stereocenters. The Bertz CT molecular complexity index is 802. The molecule has 0 saturated heterocycles. The molecule has 1 fully saturated rings. The molecule has 14 nitrogen and oxygen atoms in total. The molecule has 39 heavy (non-hydrogen) atoms. The van der Waals surface area contributed by atoms with Gasteiger partial charge >= 0.3 is 29.5 Å². The van der Waals surface area contributed by atoms with E-state index in [1.807, 2.05) is 6.92 Å². The number of hydrogen-bond acceptors (Lipinski definition) is 10. The lowest BCUT2D eigenvalue weighted by Gasteiger charge is -2.36. The van der Waals surface area contributed by atoms with Crippen molar-refractivity contribution in [2.24, 2.45) is 23.7 Å². The van der Waals surface area contributed by atoms with Crippen molar-refractivity contribution in [1.82, 2.24) is 10.6 Å². The molecule has 0 aromatic heterocycles. The van der Waals surface area contributed by atoms with Crippen LogP contribution in [-0.4, -0.2) is 107 Å². The molecular weight excluding hydrogens is 552 g/mol. The van der Waals surface area contributed by atoms with Crippen molar-refractivity contribution in [1.29, 1.82) is 0 Å². The van der Waals surface area contributed by atoms with Gasteiger partial charge in [0.05, 0.1) is 23.7 Å². The summed E-state index contributed by atoms with van der Waals surface area (Å²) < 4.78 is 32.5. The normalized spacial score (nSPS) is 21.8. The van der Waals surface area contributed by atoms with Gasteiger partial charge in [0.15, 0.2) is 0 Å². The van der Waals surface area contributed by atoms with E-state index in [2.05, 4.69) is 10.6 Å². The van der Waals surface area contributed by atoms with Crippen molar-refractivity contribution in [3.05, 3.63) is 0 Å². The minimum absolute atomic E-state index is 0.198. The number of carboxylic acids is 2. The molecule has 16 heteroatoms. The van der Waals surface area contributed by atoms with Gasteiger partial charge in [-0.05, 0) is 32.6 Å². The smallest absolute Gasteiger partial charge is 0.481 e. The molecule has 0 heterocycles. The molecule has 0 radical (unpaired) electrons. The molecule has 1 aliphatic carbocycles. The SMILES string of the molecule is CCO[Si](CCCNC(=O)C1CC(C(=O)O)C(C(=O)NCCC[Si](OC)(OC)OC)CC1C(=O)O)(OC)OC. The van der Waals surface area contributed by atoms with E-state index in [-0.39, 0.29) is 25.9 Å². The van der Waals surface area contributed by atoms with Gasteiger partial charge in [0.2, 0.25) is 11.8 Å². The molecule has 2 amide bonds. The zero-order valence-electron chi connectivity index (χ0n) is 23.7. The van der Waals surface area contributed by atoms with Crippen LogP contribution in [0, 0.1) is 23.7 Å². The largest absolute Gasteiger partial charge is 0.500 e. The molecule has 226 valence electrons. The lowest BCUT2D eigenvalue weighted by atomic mass is 9.67. The molecule has 0 bridgehead atoms. The lowest BCUT2D eigenvalue weighted by molar-refractivity contribution is -0.159. The highest BCUT2D eigenvalue weighted by atomic mass is 28.4. The van der Waals surface area contributed by atoms with E-state index in [0.29, 0.717) is 31.5 Å². The van der Waals surface area contributed by atoms with E-state index < -0.39 is 65.0 Å². The van der Waals surface area contributed by atoms with Crippen LogP contribution in [0.15, 0.2) is 0 Å². The van der Waals surface area contributed by atoms with Crippen molar-refractivity contribution in [2.75, 3.05) is 55.2 Å². The summed E-state index contributed by atoms with van der Waals surface area (Å²) in [7, 11) is 1.74. The Hall–Kier alpha value is -1.93. The summed E-state index contributed by atoms with van der Waals surface area (Å²) in [5.74, 6) is -8.24. The standard InChI is InChI=1S/C23H44N2O12Si2/c1-7-37-39(35-5,36-6)13-9-11-25-21(27)17-15-18(22(28)29)16(14-19(17)23(30)31)20(26)24-10-8-12-38(32-2,33-3)34-4/h16-19H,7-15H2,1-6H3,(H,24,26)(H,25,27)(H,28,29)(H,30,31). The van der Waals surface area contributed by atoms with Crippen LogP contribution in [-0.2, 0) is 45.7 Å². The number of hydrogen-bond donors (Lipinski definition) is 4. The summed E-state index contributed by atoms with van der Waals surface area (Å²) in [5, 5.41) is 25.0. The predicted molar refractivity (Wildman–Crippen MR) is 142 cm³/mol. The van der Waals surface area contributed by atoms with Gasteiger partial charge in [-0.25, -0.2) is 0 Å². The maximum atomic E-state index is 13.0. The van der Waals surface area contributed by atoms with Gasteiger partial charge < -0.3 is 47.4 Å². The van der Waals surface area contributed by atoms with Gasteiger partial charge in [-0.3, -0.25) is 19.2 Å². The summed E-state index contributed by atoms with van der Waals surface area (Å²) in [5.41, 5.74) is 0. The van der Waals surface area contributed by atoms with E-state index in [4.69, 9.17) is 26.6 Å². The topological polar surface area (TPSA) is 188 Å². The average Bonchev–Trinajstić information content (AvgIpc) is 2.94. The van der Waals surface area contributed by atoms with E-state index in [1.54, 1.807) is 0 Å². The van der Waals surface area contributed by atoms with Gasteiger partial charge in [0.25, 0.3) is 0 Å². The van der Waals surface area contributed by atoms with Gasteiger partial charge in [-0.2, -0.15) is 0 Å². The van der Waals surface area contributed by atoms with E-state index in [0.717, 1.165) is 0 Å². The van der Waals surface area contributed by atoms with Crippen LogP contribution in [0.2, 0.25) is 12.1 Å². The van der Waals surface area contributed by atoms with E-state index >= 15 is 0 Å². The Morgan fingerprint density at radius 3 is 1.33 bits per heavy atom. The number of rotatable bonds is 19. The first kappa shape index (κ1) is 35.1. The van der Waals surface area contributed by atoms with Crippen LogP contribution in [0.5, 0.6) is 0 Å². The third kappa shape index (κ3) is 9.89. The number of aliphatic carboxylic acids is 2. The van der Waals surface area contributed by atoms with Crippen molar-refractivity contribution in [2.45, 2.75) is 44.7 Å². The molecule has 0 aliphatic heterocycles. The molecule has 1 rings (SSSR count). The van der Waals surface area contributed by atoms with Crippen LogP contribution in [0.25, 0.3) is 0 Å². The molecule has 1 saturated carbocycles. The van der Waals surface area contributed by atoms with E-state index in [1.165, 1.54) is 35.5 Å². The van der Waals surface area contributed by atoms with Crippen LogP contribution in [0.1, 0.15) is 32.6 Å². The number of carbonyl (C=O) groups is 4. The lowest BCUT2D eigenvalue weighted by Crippen LogP contribution is -2.50. The number of amides is 2. The summed E-state index contributed by atoms with van der Waals surface area (Å²) in [4.78, 5) is 50.0. The Balaban J connectivity index is 2.81. The molecular formula is C23H44N2O12Si2. The Kier molecular flexibility index (Phi) is 15.3. The van der Waals surface area contributed by atoms with Crippen LogP contribution in [0.4, 0.5) is 0 Å². The Morgan fingerprint density at radius 2 is 1.03 bits per heavy atom. The zero-order chi connectivity index (χ0) is 29.6. The summed E-state index contributed by atoms with van der Waals surface area (Å²) in [6.07, 6.45) is 0.371. The highest BCUT2D eigenvalue weighted by Crippen LogP contribution is 2.39. The monoisotopic (exact) mass is 596 g/mol. The van der Waals surface area contributed by atoms with Gasteiger partial charge in [0, 0.05) is 67.3 Å². The second kappa shape index (κ2) is 17.0. The van der Waals surface area contributed by atoms with Crippen LogP contribution >= 0.6 is 0 Å². The molecule has 0 spiro atoms. The van der Waals surface area contributed by atoms with Crippen LogP contribution in [0.3, 0.4) is 0 Å². The fourth-order valence-electron chi connectivity index (χ4n) is 4.88. The first-order valence-corrected chi connectivity index (χ1v) is 16.8. The average molecular weight is 597 g/mol. The van der Waals surface area contributed by atoms with Crippen molar-refractivity contribution >= 4 is 41.4 Å². The van der Waals surface area contributed by atoms with Crippen molar-refractivity contribution < 1.29 is 55.9 Å². The minimum atomic E-state index is -2.85. The van der Waals surface area contributed by atoms with Gasteiger partial charge in [-0.1, -0.05) is 0 Å². The quantitative estimate of drug-likeness (QED) is 0.120. The zero-order valence-corrected chi connectivity index (χ0v) is 25.7. The Labute approximate surface area is 231 Å². The maximum Gasteiger partial charge on any atom is 0.500 e. The maximum absolute atomic E-state index is 13.0.